The predicted molar refractivity (Wildman–Crippen MR) is 73.7 cm³/mol. The van der Waals surface area contributed by atoms with Crippen LogP contribution in [-0.2, 0) is 6.42 Å². The molecule has 1 atom stereocenters. The Labute approximate surface area is 106 Å². The topological polar surface area (TPSA) is 24.9 Å². The zero-order valence-electron chi connectivity index (χ0n) is 10.2. The number of nitrogens with one attached hydrogen (secondary N) is 1. The number of nitrogens with zero attached hydrogens (tertiary/aromatic N) is 1. The second-order valence-electron chi connectivity index (χ2n) is 4.93. The van der Waals surface area contributed by atoms with Crippen molar-refractivity contribution < 1.29 is 0 Å². The molecule has 0 saturated carbocycles. The van der Waals surface area contributed by atoms with Crippen LogP contribution in [0.1, 0.15) is 29.8 Å². The summed E-state index contributed by atoms with van der Waals surface area (Å²) in [6.07, 6.45) is 5.09. The fraction of sp³-hybridized carbons (Fsp3) is 0.500. The average molecular weight is 246 g/mol. The van der Waals surface area contributed by atoms with Crippen LogP contribution in [0.15, 0.2) is 18.2 Å². The van der Waals surface area contributed by atoms with Crippen molar-refractivity contribution in [2.45, 2.75) is 38.6 Å². The molecule has 0 bridgehead atoms. The molecule has 1 aliphatic rings. The average Bonchev–Trinajstić information content (AvgIpc) is 2.71. The number of rotatable bonds is 2. The zero-order chi connectivity index (χ0) is 11.7. The molecule has 0 spiro atoms. The van der Waals surface area contributed by atoms with Gasteiger partial charge in [-0.1, -0.05) is 12.5 Å². The van der Waals surface area contributed by atoms with Crippen molar-refractivity contribution in [2.24, 2.45) is 0 Å². The van der Waals surface area contributed by atoms with Crippen LogP contribution in [0, 0.1) is 6.92 Å². The number of hydrogen-bond acceptors (Lipinski definition) is 3. The highest BCUT2D eigenvalue weighted by Crippen LogP contribution is 2.24. The highest BCUT2D eigenvalue weighted by atomic mass is 32.1. The number of aryl methyl sites for hydroxylation is 1. The smallest absolute Gasteiger partial charge is 0.0954 e. The van der Waals surface area contributed by atoms with Gasteiger partial charge in [0.25, 0.3) is 0 Å². The first-order valence-electron chi connectivity index (χ1n) is 6.41. The van der Waals surface area contributed by atoms with Crippen LogP contribution in [0.5, 0.6) is 0 Å². The molecule has 1 aromatic heterocycles. The van der Waals surface area contributed by atoms with Crippen molar-refractivity contribution in [3.63, 3.8) is 0 Å². The van der Waals surface area contributed by atoms with Crippen LogP contribution < -0.4 is 5.32 Å². The van der Waals surface area contributed by atoms with E-state index in [4.69, 9.17) is 4.98 Å². The van der Waals surface area contributed by atoms with Crippen LogP contribution in [-0.4, -0.2) is 17.6 Å². The summed E-state index contributed by atoms with van der Waals surface area (Å²) in [5, 5.41) is 4.87. The fourth-order valence-corrected chi connectivity index (χ4v) is 3.51. The lowest BCUT2D eigenvalue weighted by atomic mass is 10.0. The monoisotopic (exact) mass is 246 g/mol. The molecule has 2 aromatic rings. The van der Waals surface area contributed by atoms with Gasteiger partial charge in [-0.15, -0.1) is 11.3 Å². The largest absolute Gasteiger partial charge is 0.314 e. The summed E-state index contributed by atoms with van der Waals surface area (Å²) in [4.78, 5) is 4.75. The van der Waals surface area contributed by atoms with Gasteiger partial charge < -0.3 is 5.32 Å². The van der Waals surface area contributed by atoms with E-state index in [2.05, 4.69) is 30.4 Å². The Balaban J connectivity index is 1.80. The van der Waals surface area contributed by atoms with Gasteiger partial charge in [-0.25, -0.2) is 4.98 Å². The van der Waals surface area contributed by atoms with Crippen molar-refractivity contribution in [3.05, 3.63) is 28.8 Å². The Kier molecular flexibility index (Phi) is 3.12. The van der Waals surface area contributed by atoms with E-state index in [1.54, 1.807) is 0 Å². The number of piperidine rings is 1. The third kappa shape index (κ3) is 2.50. The van der Waals surface area contributed by atoms with Crippen LogP contribution in [0.25, 0.3) is 10.2 Å². The highest BCUT2D eigenvalue weighted by Gasteiger charge is 2.15. The van der Waals surface area contributed by atoms with Gasteiger partial charge in [0, 0.05) is 12.5 Å². The molecule has 0 aliphatic carbocycles. The molecule has 0 amide bonds. The Morgan fingerprint density at radius 1 is 1.41 bits per heavy atom. The van der Waals surface area contributed by atoms with Gasteiger partial charge >= 0.3 is 0 Å². The third-order valence-electron chi connectivity index (χ3n) is 3.42. The molecule has 1 unspecified atom stereocenters. The maximum Gasteiger partial charge on any atom is 0.0954 e. The number of fused-ring (bicyclic) bond motifs is 1. The Morgan fingerprint density at radius 2 is 2.35 bits per heavy atom. The maximum absolute atomic E-state index is 4.75. The van der Waals surface area contributed by atoms with E-state index in [1.165, 1.54) is 46.6 Å². The molecule has 17 heavy (non-hydrogen) atoms. The maximum atomic E-state index is 4.75. The van der Waals surface area contributed by atoms with E-state index in [9.17, 15) is 0 Å². The minimum Gasteiger partial charge on any atom is -0.314 e. The molecule has 0 radical (unpaired) electrons. The molecular weight excluding hydrogens is 228 g/mol. The predicted octanol–water partition coefficient (Wildman–Crippen LogP) is 3.29. The molecule has 1 aromatic carbocycles. The van der Waals surface area contributed by atoms with Crippen LogP contribution >= 0.6 is 11.3 Å². The van der Waals surface area contributed by atoms with E-state index >= 15 is 0 Å². The van der Waals surface area contributed by atoms with Crippen molar-refractivity contribution in [1.29, 1.82) is 0 Å². The van der Waals surface area contributed by atoms with Gasteiger partial charge in [-0.05, 0) is 44.0 Å². The standard InChI is InChI=1S/C14H18N2S/c1-10-5-6-13-12(8-10)16-14(17-13)9-11-4-2-3-7-15-11/h5-6,8,11,15H,2-4,7,9H2,1H3. The SMILES string of the molecule is Cc1ccc2sc(CC3CCCCN3)nc2c1. The van der Waals surface area contributed by atoms with Gasteiger partial charge in [-0.2, -0.15) is 0 Å². The summed E-state index contributed by atoms with van der Waals surface area (Å²) >= 11 is 1.85. The Bertz CT molecular complexity index is 512. The molecule has 2 nitrogen and oxygen atoms in total. The Hall–Kier alpha value is -0.930. The summed E-state index contributed by atoms with van der Waals surface area (Å²) in [6.45, 7) is 3.30. The number of aromatic nitrogens is 1. The number of thiazole rings is 1. The van der Waals surface area contributed by atoms with Crippen molar-refractivity contribution in [2.75, 3.05) is 6.54 Å². The molecule has 3 heteroatoms. The normalized spacial score (nSPS) is 20.9. The first-order chi connectivity index (χ1) is 8.31. The zero-order valence-corrected chi connectivity index (χ0v) is 11.0. The lowest BCUT2D eigenvalue weighted by Gasteiger charge is -2.22. The van der Waals surface area contributed by atoms with E-state index in [0.29, 0.717) is 6.04 Å². The van der Waals surface area contributed by atoms with E-state index in [1.807, 2.05) is 11.3 Å². The number of benzene rings is 1. The summed E-state index contributed by atoms with van der Waals surface area (Å²) < 4.78 is 1.32. The van der Waals surface area contributed by atoms with Crippen LogP contribution in [0.4, 0.5) is 0 Å². The lowest BCUT2D eigenvalue weighted by Crippen LogP contribution is -2.35. The molecule has 1 saturated heterocycles. The molecule has 3 rings (SSSR count). The van der Waals surface area contributed by atoms with E-state index < -0.39 is 0 Å². The summed E-state index contributed by atoms with van der Waals surface area (Å²) in [5.41, 5.74) is 2.46. The molecule has 1 N–H and O–H groups in total. The van der Waals surface area contributed by atoms with Crippen molar-refractivity contribution in [1.82, 2.24) is 10.3 Å². The highest BCUT2D eigenvalue weighted by molar-refractivity contribution is 7.18. The molecular formula is C14H18N2S. The van der Waals surface area contributed by atoms with Gasteiger partial charge in [0.1, 0.15) is 0 Å². The molecule has 90 valence electrons. The second-order valence-corrected chi connectivity index (χ2v) is 6.04. The van der Waals surface area contributed by atoms with E-state index in [0.717, 1.165) is 6.42 Å². The fourth-order valence-electron chi connectivity index (χ4n) is 2.48. The quantitative estimate of drug-likeness (QED) is 0.879. The van der Waals surface area contributed by atoms with Crippen LogP contribution in [0.3, 0.4) is 0 Å². The minimum atomic E-state index is 0.644. The summed E-state index contributed by atoms with van der Waals surface area (Å²) in [6, 6.07) is 7.19. The lowest BCUT2D eigenvalue weighted by molar-refractivity contribution is 0.399. The van der Waals surface area contributed by atoms with Gasteiger partial charge in [0.2, 0.25) is 0 Å². The molecule has 1 aliphatic heterocycles. The molecule has 2 heterocycles. The van der Waals surface area contributed by atoms with Gasteiger partial charge in [0.15, 0.2) is 0 Å². The third-order valence-corrected chi connectivity index (χ3v) is 4.48. The van der Waals surface area contributed by atoms with Gasteiger partial charge in [-0.3, -0.25) is 0 Å². The van der Waals surface area contributed by atoms with E-state index in [-0.39, 0.29) is 0 Å². The summed E-state index contributed by atoms with van der Waals surface area (Å²) in [5.74, 6) is 0. The van der Waals surface area contributed by atoms with Crippen molar-refractivity contribution >= 4 is 21.6 Å². The number of hydrogen-bond donors (Lipinski definition) is 1. The Morgan fingerprint density at radius 3 is 3.18 bits per heavy atom. The van der Waals surface area contributed by atoms with Crippen LogP contribution in [0.2, 0.25) is 0 Å². The van der Waals surface area contributed by atoms with Gasteiger partial charge in [0.05, 0.1) is 15.2 Å². The first-order valence-corrected chi connectivity index (χ1v) is 7.22. The minimum absolute atomic E-state index is 0.644. The second kappa shape index (κ2) is 4.75. The molecule has 1 fully saturated rings. The summed E-state index contributed by atoms with van der Waals surface area (Å²) in [7, 11) is 0. The van der Waals surface area contributed by atoms with Crippen molar-refractivity contribution in [3.8, 4) is 0 Å². The first kappa shape index (κ1) is 11.2.